The Bertz CT molecular complexity index is 609. The molecule has 6 nitrogen and oxygen atoms in total. The van der Waals surface area contributed by atoms with Gasteiger partial charge in [-0.15, -0.1) is 0 Å². The molecule has 2 N–H and O–H groups in total. The Balaban J connectivity index is 2.56. The van der Waals surface area contributed by atoms with Gasteiger partial charge >= 0.3 is 0 Å². The number of hydrogen-bond acceptors (Lipinski definition) is 4. The van der Waals surface area contributed by atoms with Crippen LogP contribution < -0.4 is 5.73 Å². The zero-order valence-corrected chi connectivity index (χ0v) is 11.2. The Hall–Kier alpha value is -1.73. The predicted molar refractivity (Wildman–Crippen MR) is 70.5 cm³/mol. The number of nitro groups is 1. The molecule has 0 fully saturated rings. The lowest BCUT2D eigenvalue weighted by Gasteiger charge is -2.06. The number of nitro benzene ring substituents is 1. The summed E-state index contributed by atoms with van der Waals surface area (Å²) in [5.41, 5.74) is 7.50. The molecule has 2 rings (SSSR count). The summed E-state index contributed by atoms with van der Waals surface area (Å²) in [6.07, 6.45) is 1.72. The third-order valence-electron chi connectivity index (χ3n) is 2.56. The van der Waals surface area contributed by atoms with Crippen LogP contribution in [0.5, 0.6) is 0 Å². The van der Waals surface area contributed by atoms with Gasteiger partial charge in [-0.2, -0.15) is 5.10 Å². The molecule has 7 heteroatoms. The van der Waals surface area contributed by atoms with E-state index in [1.165, 1.54) is 6.07 Å². The fraction of sp³-hybridized carbons (Fsp3) is 0.182. The highest BCUT2D eigenvalue weighted by atomic mass is 79.9. The Morgan fingerprint density at radius 3 is 2.83 bits per heavy atom. The minimum absolute atomic E-state index is 0.0676. The van der Waals surface area contributed by atoms with Crippen LogP contribution in [-0.4, -0.2) is 14.7 Å². The van der Waals surface area contributed by atoms with Crippen LogP contribution in [0.15, 0.2) is 28.9 Å². The Kier molecular flexibility index (Phi) is 3.44. The van der Waals surface area contributed by atoms with Crippen molar-refractivity contribution in [2.75, 3.05) is 0 Å². The van der Waals surface area contributed by atoms with Crippen LogP contribution in [0.1, 0.15) is 11.3 Å². The molecule has 0 saturated carbocycles. The van der Waals surface area contributed by atoms with Crippen molar-refractivity contribution in [3.63, 3.8) is 0 Å². The van der Waals surface area contributed by atoms with Crippen LogP contribution in [0.4, 0.5) is 5.69 Å². The topological polar surface area (TPSA) is 87.0 Å². The highest BCUT2D eigenvalue weighted by Crippen LogP contribution is 2.29. The van der Waals surface area contributed by atoms with Crippen LogP contribution in [0, 0.1) is 17.0 Å². The molecular formula is C11H11BrN4O2. The Labute approximate surface area is 112 Å². The fourth-order valence-electron chi connectivity index (χ4n) is 1.63. The van der Waals surface area contributed by atoms with E-state index in [9.17, 15) is 10.1 Å². The van der Waals surface area contributed by atoms with Crippen LogP contribution in [0.25, 0.3) is 5.69 Å². The molecule has 0 spiro atoms. The first-order valence-electron chi connectivity index (χ1n) is 5.22. The molecular weight excluding hydrogens is 300 g/mol. The van der Waals surface area contributed by atoms with E-state index in [-0.39, 0.29) is 5.69 Å². The molecule has 1 heterocycles. The van der Waals surface area contributed by atoms with E-state index < -0.39 is 4.92 Å². The first kappa shape index (κ1) is 12.7. The molecule has 94 valence electrons. The molecule has 18 heavy (non-hydrogen) atoms. The molecule has 1 aromatic heterocycles. The lowest BCUT2D eigenvalue weighted by atomic mass is 10.2. The second kappa shape index (κ2) is 4.87. The predicted octanol–water partition coefficient (Wildman–Crippen LogP) is 2.31. The molecule has 0 atom stereocenters. The lowest BCUT2D eigenvalue weighted by Crippen LogP contribution is -2.02. The highest BCUT2D eigenvalue weighted by molar-refractivity contribution is 9.10. The molecule has 0 aliphatic carbocycles. The zero-order chi connectivity index (χ0) is 13.3. The van der Waals surface area contributed by atoms with Crippen molar-refractivity contribution in [3.8, 4) is 5.69 Å². The van der Waals surface area contributed by atoms with E-state index in [1.807, 2.05) is 0 Å². The quantitative estimate of drug-likeness (QED) is 0.696. The maximum Gasteiger partial charge on any atom is 0.274 e. The lowest BCUT2D eigenvalue weighted by molar-refractivity contribution is -0.385. The van der Waals surface area contributed by atoms with E-state index in [1.54, 1.807) is 29.9 Å². The van der Waals surface area contributed by atoms with Gasteiger partial charge < -0.3 is 5.73 Å². The van der Waals surface area contributed by atoms with Crippen molar-refractivity contribution in [1.82, 2.24) is 9.78 Å². The molecule has 2 aromatic rings. The van der Waals surface area contributed by atoms with E-state index >= 15 is 0 Å². The minimum Gasteiger partial charge on any atom is -0.325 e. The molecule has 0 amide bonds. The number of benzene rings is 1. The Morgan fingerprint density at radius 1 is 1.56 bits per heavy atom. The third kappa shape index (κ3) is 2.27. The average molecular weight is 311 g/mol. The monoisotopic (exact) mass is 310 g/mol. The first-order chi connectivity index (χ1) is 8.52. The average Bonchev–Trinajstić information content (AvgIpc) is 2.77. The maximum atomic E-state index is 10.9. The molecule has 0 aliphatic heterocycles. The van der Waals surface area contributed by atoms with Crippen LogP contribution in [-0.2, 0) is 6.54 Å². The van der Waals surface area contributed by atoms with Crippen molar-refractivity contribution in [1.29, 1.82) is 0 Å². The molecule has 0 bridgehead atoms. The number of halogens is 1. The second-order valence-corrected chi connectivity index (χ2v) is 4.66. The standard InChI is InChI=1S/C11H11BrN4O2/c1-7-4-9(12)11(5-10(7)16(17)18)15-3-2-8(6-13)14-15/h2-5H,6,13H2,1H3. The van der Waals surface area contributed by atoms with Gasteiger partial charge in [-0.3, -0.25) is 10.1 Å². The minimum atomic E-state index is -0.404. The first-order valence-corrected chi connectivity index (χ1v) is 6.01. The van der Waals surface area contributed by atoms with Crippen LogP contribution in [0.3, 0.4) is 0 Å². The zero-order valence-electron chi connectivity index (χ0n) is 9.63. The number of hydrogen-bond donors (Lipinski definition) is 1. The normalized spacial score (nSPS) is 10.6. The molecule has 0 saturated heterocycles. The summed E-state index contributed by atoms with van der Waals surface area (Å²) in [5, 5.41) is 15.1. The summed E-state index contributed by atoms with van der Waals surface area (Å²) in [6, 6.07) is 4.97. The van der Waals surface area contributed by atoms with Gasteiger partial charge in [0.2, 0.25) is 0 Å². The maximum absolute atomic E-state index is 10.9. The van der Waals surface area contributed by atoms with Gasteiger partial charge in [-0.1, -0.05) is 0 Å². The summed E-state index contributed by atoms with van der Waals surface area (Å²) in [5.74, 6) is 0. The Morgan fingerprint density at radius 2 is 2.28 bits per heavy atom. The van der Waals surface area contributed by atoms with Gasteiger partial charge in [0.05, 0.1) is 16.3 Å². The summed E-state index contributed by atoms with van der Waals surface area (Å²) in [7, 11) is 0. The van der Waals surface area contributed by atoms with Crippen molar-refractivity contribution >= 4 is 21.6 Å². The highest BCUT2D eigenvalue weighted by Gasteiger charge is 2.15. The summed E-state index contributed by atoms with van der Waals surface area (Å²) in [4.78, 5) is 10.5. The van der Waals surface area contributed by atoms with Gasteiger partial charge in [-0.05, 0) is 35.0 Å². The van der Waals surface area contributed by atoms with E-state index in [2.05, 4.69) is 21.0 Å². The van der Waals surface area contributed by atoms with Crippen molar-refractivity contribution in [2.24, 2.45) is 5.73 Å². The van der Waals surface area contributed by atoms with Gasteiger partial charge in [0.1, 0.15) is 0 Å². The SMILES string of the molecule is Cc1cc(Br)c(-n2ccc(CN)n2)cc1[N+](=O)[O-]. The smallest absolute Gasteiger partial charge is 0.274 e. The van der Waals surface area contributed by atoms with E-state index in [4.69, 9.17) is 5.73 Å². The summed E-state index contributed by atoms with van der Waals surface area (Å²) in [6.45, 7) is 2.03. The van der Waals surface area contributed by atoms with Crippen LogP contribution in [0.2, 0.25) is 0 Å². The summed E-state index contributed by atoms with van der Waals surface area (Å²) >= 11 is 3.38. The second-order valence-electron chi connectivity index (χ2n) is 3.80. The van der Waals surface area contributed by atoms with Crippen molar-refractivity contribution in [3.05, 3.63) is 50.2 Å². The van der Waals surface area contributed by atoms with Gasteiger partial charge in [0.25, 0.3) is 5.69 Å². The number of rotatable bonds is 3. The number of aromatic nitrogens is 2. The number of nitrogens with two attached hydrogens (primary N) is 1. The van der Waals surface area contributed by atoms with E-state index in [0.29, 0.717) is 17.8 Å². The van der Waals surface area contributed by atoms with Gasteiger partial charge in [-0.25, -0.2) is 4.68 Å². The fourth-order valence-corrected chi connectivity index (χ4v) is 2.27. The third-order valence-corrected chi connectivity index (χ3v) is 3.20. The van der Waals surface area contributed by atoms with Gasteiger partial charge in [0.15, 0.2) is 0 Å². The number of aryl methyl sites for hydroxylation is 1. The molecule has 1 aromatic carbocycles. The summed E-state index contributed by atoms with van der Waals surface area (Å²) < 4.78 is 2.32. The van der Waals surface area contributed by atoms with Crippen molar-refractivity contribution in [2.45, 2.75) is 13.5 Å². The molecule has 0 unspecified atom stereocenters. The van der Waals surface area contributed by atoms with E-state index in [0.717, 1.165) is 10.2 Å². The van der Waals surface area contributed by atoms with Crippen molar-refractivity contribution < 1.29 is 4.92 Å². The van der Waals surface area contributed by atoms with Crippen LogP contribution >= 0.6 is 15.9 Å². The van der Waals surface area contributed by atoms with Gasteiger partial charge in [0, 0.05) is 28.8 Å². The largest absolute Gasteiger partial charge is 0.325 e. The molecule has 0 radical (unpaired) electrons. The molecule has 0 aliphatic rings. The number of nitrogens with zero attached hydrogens (tertiary/aromatic N) is 3.